The normalized spacial score (nSPS) is 10.4. The van der Waals surface area contributed by atoms with E-state index in [9.17, 15) is 0 Å². The fourth-order valence-electron chi connectivity index (χ4n) is 1.88. The Morgan fingerprint density at radius 1 is 0.778 bits per heavy atom. The van der Waals surface area contributed by atoms with E-state index in [0.717, 1.165) is 11.4 Å². The first-order chi connectivity index (χ1) is 8.66. The van der Waals surface area contributed by atoms with Gasteiger partial charge in [-0.05, 0) is 37.1 Å². The topological polar surface area (TPSA) is 51.7 Å². The van der Waals surface area contributed by atoms with Crippen LogP contribution in [0.1, 0.15) is 11.1 Å². The Morgan fingerprint density at radius 3 is 1.56 bits per heavy atom. The molecule has 2 aromatic carbocycles. The van der Waals surface area contributed by atoms with Gasteiger partial charge in [0.2, 0.25) is 6.29 Å². The first kappa shape index (κ1) is 12.5. The molecular formula is C15H20N3+. The Hall–Kier alpha value is -2.00. The molecule has 0 aliphatic heterocycles. The minimum Gasteiger partial charge on any atom is -0.320 e. The summed E-state index contributed by atoms with van der Waals surface area (Å²) in [6.45, 7) is 4.17. The Labute approximate surface area is 108 Å². The molecule has 0 saturated carbocycles. The summed E-state index contributed by atoms with van der Waals surface area (Å²) in [7, 11) is 0. The van der Waals surface area contributed by atoms with E-state index in [2.05, 4.69) is 54.5 Å². The van der Waals surface area contributed by atoms with Gasteiger partial charge in [0, 0.05) is 11.4 Å². The Balaban J connectivity index is 2.04. The quantitative estimate of drug-likeness (QED) is 0.721. The van der Waals surface area contributed by atoms with Gasteiger partial charge in [-0.3, -0.25) is 0 Å². The molecule has 0 fully saturated rings. The molecule has 0 radical (unpaired) electrons. The average Bonchev–Trinajstić information content (AvgIpc) is 2.35. The number of benzene rings is 2. The lowest BCUT2D eigenvalue weighted by Crippen LogP contribution is -2.69. The van der Waals surface area contributed by atoms with E-state index in [1.54, 1.807) is 0 Å². The molecule has 3 heteroatoms. The van der Waals surface area contributed by atoms with E-state index >= 15 is 0 Å². The van der Waals surface area contributed by atoms with Crippen molar-refractivity contribution < 1.29 is 5.73 Å². The summed E-state index contributed by atoms with van der Waals surface area (Å²) < 4.78 is 0. The first-order valence-electron chi connectivity index (χ1n) is 6.14. The molecule has 3 nitrogen and oxygen atoms in total. The molecule has 0 spiro atoms. The standard InChI is InChI=1S/C15H19N3/c1-11-7-3-5-9-13(11)17-15(16)18-14-10-6-4-8-12(14)2/h3-10,15,17-18H,16H2,1-2H3/p+1. The van der Waals surface area contributed by atoms with Gasteiger partial charge in [0.05, 0.1) is 0 Å². The zero-order chi connectivity index (χ0) is 13.0. The molecule has 0 heterocycles. The molecule has 0 amide bonds. The second kappa shape index (κ2) is 5.56. The molecule has 0 aliphatic rings. The Bertz CT molecular complexity index is 475. The average molecular weight is 242 g/mol. The predicted molar refractivity (Wildman–Crippen MR) is 76.3 cm³/mol. The molecule has 0 atom stereocenters. The number of hydrogen-bond acceptors (Lipinski definition) is 2. The Morgan fingerprint density at radius 2 is 1.17 bits per heavy atom. The van der Waals surface area contributed by atoms with Gasteiger partial charge in [-0.2, -0.15) is 0 Å². The maximum absolute atomic E-state index is 4.09. The van der Waals surface area contributed by atoms with Crippen LogP contribution in [0.4, 0.5) is 11.4 Å². The van der Waals surface area contributed by atoms with Gasteiger partial charge in [0.15, 0.2) is 0 Å². The van der Waals surface area contributed by atoms with Gasteiger partial charge in [-0.1, -0.05) is 36.4 Å². The lowest BCUT2D eigenvalue weighted by molar-refractivity contribution is -0.400. The number of quaternary nitrogens is 1. The number of nitrogens with one attached hydrogen (secondary N) is 2. The van der Waals surface area contributed by atoms with Gasteiger partial charge in [-0.15, -0.1) is 0 Å². The van der Waals surface area contributed by atoms with Crippen molar-refractivity contribution in [2.45, 2.75) is 20.1 Å². The van der Waals surface area contributed by atoms with Crippen LogP contribution in [0.5, 0.6) is 0 Å². The van der Waals surface area contributed by atoms with Gasteiger partial charge < -0.3 is 16.4 Å². The van der Waals surface area contributed by atoms with Crippen LogP contribution in [0.25, 0.3) is 0 Å². The molecular weight excluding hydrogens is 222 g/mol. The molecule has 94 valence electrons. The predicted octanol–water partition coefficient (Wildman–Crippen LogP) is 2.35. The third-order valence-corrected chi connectivity index (χ3v) is 2.95. The second-order valence-corrected chi connectivity index (χ2v) is 4.47. The maximum Gasteiger partial charge on any atom is 0.236 e. The van der Waals surface area contributed by atoms with E-state index in [-0.39, 0.29) is 6.29 Å². The molecule has 2 rings (SSSR count). The van der Waals surface area contributed by atoms with Gasteiger partial charge >= 0.3 is 0 Å². The molecule has 0 bridgehead atoms. The summed E-state index contributed by atoms with van der Waals surface area (Å²) in [5, 5.41) is 6.73. The summed E-state index contributed by atoms with van der Waals surface area (Å²) in [5.74, 6) is 0. The molecule has 0 aromatic heterocycles. The van der Waals surface area contributed by atoms with E-state index in [1.807, 2.05) is 24.3 Å². The van der Waals surface area contributed by atoms with E-state index in [0.29, 0.717) is 0 Å². The SMILES string of the molecule is Cc1ccccc1NC([NH3+])Nc1ccccc1C. The van der Waals surface area contributed by atoms with Crippen LogP contribution in [-0.2, 0) is 0 Å². The van der Waals surface area contributed by atoms with Gasteiger partial charge in [0.25, 0.3) is 0 Å². The monoisotopic (exact) mass is 242 g/mol. The van der Waals surface area contributed by atoms with Crippen molar-refractivity contribution in [3.8, 4) is 0 Å². The summed E-state index contributed by atoms with van der Waals surface area (Å²) in [6, 6.07) is 16.4. The number of rotatable bonds is 4. The second-order valence-electron chi connectivity index (χ2n) is 4.47. The van der Waals surface area contributed by atoms with Crippen molar-refractivity contribution >= 4 is 11.4 Å². The van der Waals surface area contributed by atoms with E-state index in [4.69, 9.17) is 0 Å². The molecule has 0 aliphatic carbocycles. The smallest absolute Gasteiger partial charge is 0.236 e. The van der Waals surface area contributed by atoms with E-state index < -0.39 is 0 Å². The molecule has 18 heavy (non-hydrogen) atoms. The van der Waals surface area contributed by atoms with Crippen LogP contribution in [0.2, 0.25) is 0 Å². The lowest BCUT2D eigenvalue weighted by Gasteiger charge is -2.17. The highest BCUT2D eigenvalue weighted by Crippen LogP contribution is 2.16. The summed E-state index contributed by atoms with van der Waals surface area (Å²) in [5.41, 5.74) is 8.75. The van der Waals surface area contributed by atoms with Crippen LogP contribution in [0, 0.1) is 13.8 Å². The number of hydrogen-bond donors (Lipinski definition) is 3. The minimum absolute atomic E-state index is 0.0628. The summed E-state index contributed by atoms with van der Waals surface area (Å²) >= 11 is 0. The van der Waals surface area contributed by atoms with Crippen molar-refractivity contribution in [1.29, 1.82) is 0 Å². The molecule has 2 aromatic rings. The molecule has 5 N–H and O–H groups in total. The van der Waals surface area contributed by atoms with Gasteiger partial charge in [-0.25, -0.2) is 0 Å². The summed E-state index contributed by atoms with van der Waals surface area (Å²) in [6.07, 6.45) is -0.0628. The van der Waals surface area contributed by atoms with Crippen LogP contribution in [-0.4, -0.2) is 6.29 Å². The third-order valence-electron chi connectivity index (χ3n) is 2.95. The zero-order valence-corrected chi connectivity index (χ0v) is 10.9. The first-order valence-corrected chi connectivity index (χ1v) is 6.14. The fraction of sp³-hybridized carbons (Fsp3) is 0.200. The molecule has 0 saturated heterocycles. The zero-order valence-electron chi connectivity index (χ0n) is 10.9. The summed E-state index contributed by atoms with van der Waals surface area (Å²) in [4.78, 5) is 0. The van der Waals surface area contributed by atoms with Gasteiger partial charge in [0.1, 0.15) is 0 Å². The molecule has 0 unspecified atom stereocenters. The van der Waals surface area contributed by atoms with Crippen molar-refractivity contribution in [2.75, 3.05) is 10.6 Å². The van der Waals surface area contributed by atoms with Crippen molar-refractivity contribution in [2.24, 2.45) is 0 Å². The van der Waals surface area contributed by atoms with E-state index in [1.165, 1.54) is 11.1 Å². The van der Waals surface area contributed by atoms with Crippen LogP contribution < -0.4 is 16.4 Å². The third kappa shape index (κ3) is 3.02. The number of aryl methyl sites for hydroxylation is 2. The largest absolute Gasteiger partial charge is 0.320 e. The highest BCUT2D eigenvalue weighted by atomic mass is 15.2. The van der Waals surface area contributed by atoms with Crippen molar-refractivity contribution in [1.82, 2.24) is 0 Å². The van der Waals surface area contributed by atoms with Crippen LogP contribution in [0.15, 0.2) is 48.5 Å². The van der Waals surface area contributed by atoms with Crippen molar-refractivity contribution in [3.05, 3.63) is 59.7 Å². The number of anilines is 2. The minimum atomic E-state index is -0.0628. The fourth-order valence-corrected chi connectivity index (χ4v) is 1.88. The highest BCUT2D eigenvalue weighted by molar-refractivity contribution is 5.54. The highest BCUT2D eigenvalue weighted by Gasteiger charge is 2.07. The maximum atomic E-state index is 4.09. The Kier molecular flexibility index (Phi) is 3.85. The van der Waals surface area contributed by atoms with Crippen LogP contribution in [0.3, 0.4) is 0 Å². The lowest BCUT2D eigenvalue weighted by atomic mass is 10.2. The van der Waals surface area contributed by atoms with Crippen LogP contribution >= 0.6 is 0 Å². The van der Waals surface area contributed by atoms with Crippen molar-refractivity contribution in [3.63, 3.8) is 0 Å². The number of para-hydroxylation sites is 2.